The SMILES string of the molecule is CC(=O)c1ccc2c(c1)c1c3c(ccc1n2CCCN1CCCCCC1)C(=O)CC3. The summed E-state index contributed by atoms with van der Waals surface area (Å²) in [5.74, 6) is 0.333. The van der Waals surface area contributed by atoms with Gasteiger partial charge in [-0.2, -0.15) is 0 Å². The quantitative estimate of drug-likeness (QED) is 0.537. The molecule has 2 aromatic carbocycles. The molecule has 0 saturated carbocycles. The molecule has 0 N–H and O–H groups in total. The minimum absolute atomic E-state index is 0.0858. The van der Waals surface area contributed by atoms with Gasteiger partial charge in [0.1, 0.15) is 0 Å². The van der Waals surface area contributed by atoms with Crippen LogP contribution in [0.4, 0.5) is 0 Å². The normalized spacial score (nSPS) is 17.6. The first kappa shape index (κ1) is 19.5. The topological polar surface area (TPSA) is 42.3 Å². The minimum Gasteiger partial charge on any atom is -0.340 e. The molecular weight excluding hydrogens is 372 g/mol. The van der Waals surface area contributed by atoms with Crippen LogP contribution in [-0.4, -0.2) is 40.7 Å². The molecule has 0 atom stereocenters. The number of nitrogens with zero attached hydrogens (tertiary/aromatic N) is 2. The number of likely N-dealkylation sites (tertiary alicyclic amines) is 1. The predicted octanol–water partition coefficient (Wildman–Crippen LogP) is 5.39. The summed E-state index contributed by atoms with van der Waals surface area (Å²) in [6.07, 6.45) is 7.90. The van der Waals surface area contributed by atoms with Gasteiger partial charge in [0.15, 0.2) is 11.6 Å². The lowest BCUT2D eigenvalue weighted by Crippen LogP contribution is -2.26. The molecule has 0 spiro atoms. The third kappa shape index (κ3) is 3.37. The molecule has 3 aromatic rings. The third-order valence-electron chi connectivity index (χ3n) is 7.00. The smallest absolute Gasteiger partial charge is 0.163 e. The van der Waals surface area contributed by atoms with Crippen molar-refractivity contribution in [2.75, 3.05) is 19.6 Å². The van der Waals surface area contributed by atoms with E-state index >= 15 is 0 Å². The zero-order valence-electron chi connectivity index (χ0n) is 17.9. The van der Waals surface area contributed by atoms with E-state index in [-0.39, 0.29) is 11.6 Å². The molecule has 30 heavy (non-hydrogen) atoms. The molecule has 0 radical (unpaired) electrons. The zero-order valence-corrected chi connectivity index (χ0v) is 17.9. The first-order valence-corrected chi connectivity index (χ1v) is 11.5. The first-order valence-electron chi connectivity index (χ1n) is 11.5. The van der Waals surface area contributed by atoms with Crippen LogP contribution in [0.5, 0.6) is 0 Å². The molecule has 2 aliphatic rings. The van der Waals surface area contributed by atoms with Crippen LogP contribution in [0.3, 0.4) is 0 Å². The van der Waals surface area contributed by atoms with Crippen molar-refractivity contribution in [3.05, 3.63) is 47.0 Å². The van der Waals surface area contributed by atoms with Crippen molar-refractivity contribution in [2.45, 2.75) is 58.4 Å². The molecule has 4 heteroatoms. The van der Waals surface area contributed by atoms with Crippen LogP contribution in [0.1, 0.15) is 71.7 Å². The van der Waals surface area contributed by atoms with Crippen LogP contribution in [0.2, 0.25) is 0 Å². The van der Waals surface area contributed by atoms with E-state index in [1.54, 1.807) is 6.92 Å². The number of aryl methyl sites for hydroxylation is 2. The largest absolute Gasteiger partial charge is 0.340 e. The summed E-state index contributed by atoms with van der Waals surface area (Å²) >= 11 is 0. The van der Waals surface area contributed by atoms with E-state index in [0.717, 1.165) is 42.4 Å². The van der Waals surface area contributed by atoms with Crippen LogP contribution in [0.15, 0.2) is 30.3 Å². The summed E-state index contributed by atoms with van der Waals surface area (Å²) in [5.41, 5.74) is 5.18. The van der Waals surface area contributed by atoms with Gasteiger partial charge in [-0.3, -0.25) is 9.59 Å². The third-order valence-corrected chi connectivity index (χ3v) is 7.00. The van der Waals surface area contributed by atoms with Crippen LogP contribution in [0.25, 0.3) is 21.8 Å². The van der Waals surface area contributed by atoms with E-state index in [0.29, 0.717) is 6.42 Å². The van der Waals surface area contributed by atoms with Crippen molar-refractivity contribution in [3.63, 3.8) is 0 Å². The highest BCUT2D eigenvalue weighted by atomic mass is 16.1. The summed E-state index contributed by atoms with van der Waals surface area (Å²) in [5, 5.41) is 2.31. The van der Waals surface area contributed by atoms with Crippen molar-refractivity contribution in [1.29, 1.82) is 0 Å². The summed E-state index contributed by atoms with van der Waals surface area (Å²) < 4.78 is 2.41. The second-order valence-electron chi connectivity index (χ2n) is 8.96. The molecule has 0 unspecified atom stereocenters. The van der Waals surface area contributed by atoms with Crippen molar-refractivity contribution in [2.24, 2.45) is 0 Å². The lowest BCUT2D eigenvalue weighted by atomic mass is 10.0. The molecule has 1 fully saturated rings. The van der Waals surface area contributed by atoms with E-state index < -0.39 is 0 Å². The average Bonchev–Trinajstić information content (AvgIpc) is 3.14. The summed E-state index contributed by atoms with van der Waals surface area (Å²) in [7, 11) is 0. The van der Waals surface area contributed by atoms with Gasteiger partial charge in [-0.15, -0.1) is 0 Å². The summed E-state index contributed by atoms with van der Waals surface area (Å²) in [6.45, 7) is 6.17. The fraction of sp³-hybridized carbons (Fsp3) is 0.462. The molecule has 156 valence electrons. The Morgan fingerprint density at radius 2 is 1.70 bits per heavy atom. The highest BCUT2D eigenvalue weighted by molar-refractivity contribution is 6.16. The Balaban J connectivity index is 1.55. The van der Waals surface area contributed by atoms with E-state index in [1.165, 1.54) is 60.8 Å². The Kier molecular flexibility index (Phi) is 5.20. The van der Waals surface area contributed by atoms with Gasteiger partial charge in [-0.05, 0) is 88.1 Å². The van der Waals surface area contributed by atoms with Crippen molar-refractivity contribution < 1.29 is 9.59 Å². The Morgan fingerprint density at radius 3 is 2.47 bits per heavy atom. The molecular formula is C26H30N2O2. The molecule has 1 aliphatic carbocycles. The fourth-order valence-electron chi connectivity index (χ4n) is 5.43. The van der Waals surface area contributed by atoms with Crippen LogP contribution in [0, 0.1) is 0 Å². The Hall–Kier alpha value is -2.46. The van der Waals surface area contributed by atoms with Crippen molar-refractivity contribution in [1.82, 2.24) is 9.47 Å². The second kappa shape index (κ2) is 7.99. The maximum atomic E-state index is 12.3. The standard InChI is InChI=1S/C26H30N2O2/c1-18(29)19-7-10-23-22(17-19)26-21-9-12-25(30)20(21)8-11-24(26)28(23)16-6-15-27-13-4-2-3-5-14-27/h7-8,10-11,17H,2-6,9,12-16H2,1H3. The second-order valence-corrected chi connectivity index (χ2v) is 8.96. The van der Waals surface area contributed by atoms with Crippen molar-refractivity contribution >= 4 is 33.4 Å². The summed E-state index contributed by atoms with van der Waals surface area (Å²) in [6, 6.07) is 10.2. The van der Waals surface area contributed by atoms with Gasteiger partial charge in [-0.1, -0.05) is 12.8 Å². The number of carbonyl (C=O) groups excluding carboxylic acids is 2. The maximum Gasteiger partial charge on any atom is 0.163 e. The fourth-order valence-corrected chi connectivity index (χ4v) is 5.43. The first-order chi connectivity index (χ1) is 14.6. The monoisotopic (exact) mass is 402 g/mol. The van der Waals surface area contributed by atoms with Gasteiger partial charge >= 0.3 is 0 Å². The average molecular weight is 403 g/mol. The Morgan fingerprint density at radius 1 is 0.933 bits per heavy atom. The van der Waals surface area contributed by atoms with Gasteiger partial charge in [0, 0.05) is 45.9 Å². The minimum atomic E-state index is 0.0858. The highest BCUT2D eigenvalue weighted by Crippen LogP contribution is 2.37. The molecule has 1 aromatic heterocycles. The van der Waals surface area contributed by atoms with Crippen LogP contribution >= 0.6 is 0 Å². The number of ketones is 2. The van der Waals surface area contributed by atoms with Gasteiger partial charge in [0.2, 0.25) is 0 Å². The molecule has 4 nitrogen and oxygen atoms in total. The van der Waals surface area contributed by atoms with Gasteiger partial charge in [-0.25, -0.2) is 0 Å². The molecule has 5 rings (SSSR count). The number of hydrogen-bond acceptors (Lipinski definition) is 3. The number of Topliss-reactive ketones (excluding diaryl/α,β-unsaturated/α-hetero) is 2. The van der Waals surface area contributed by atoms with E-state index in [1.807, 2.05) is 18.2 Å². The highest BCUT2D eigenvalue weighted by Gasteiger charge is 2.25. The molecule has 0 bridgehead atoms. The summed E-state index contributed by atoms with van der Waals surface area (Å²) in [4.78, 5) is 27.0. The number of hydrogen-bond donors (Lipinski definition) is 0. The molecule has 1 saturated heterocycles. The van der Waals surface area contributed by atoms with Gasteiger partial charge in [0.05, 0.1) is 0 Å². The maximum absolute atomic E-state index is 12.3. The van der Waals surface area contributed by atoms with E-state index in [9.17, 15) is 9.59 Å². The Labute approximate surface area is 177 Å². The van der Waals surface area contributed by atoms with E-state index in [4.69, 9.17) is 0 Å². The molecule has 1 aliphatic heterocycles. The lowest BCUT2D eigenvalue weighted by Gasteiger charge is -2.20. The van der Waals surface area contributed by atoms with Gasteiger partial charge in [0.25, 0.3) is 0 Å². The number of benzene rings is 2. The Bertz CT molecular complexity index is 1130. The zero-order chi connectivity index (χ0) is 20.7. The van der Waals surface area contributed by atoms with Gasteiger partial charge < -0.3 is 9.47 Å². The van der Waals surface area contributed by atoms with Crippen LogP contribution in [-0.2, 0) is 13.0 Å². The predicted molar refractivity (Wildman–Crippen MR) is 122 cm³/mol. The number of aromatic nitrogens is 1. The van der Waals surface area contributed by atoms with Crippen LogP contribution < -0.4 is 0 Å². The van der Waals surface area contributed by atoms with Crippen molar-refractivity contribution in [3.8, 4) is 0 Å². The lowest BCUT2D eigenvalue weighted by molar-refractivity contribution is 0.0991. The molecule has 2 heterocycles. The number of carbonyl (C=O) groups is 2. The van der Waals surface area contributed by atoms with E-state index in [2.05, 4.69) is 21.6 Å². The number of fused-ring (bicyclic) bond motifs is 5. The molecule has 0 amide bonds. The number of rotatable bonds is 5.